The molecule has 208 valence electrons. The summed E-state index contributed by atoms with van der Waals surface area (Å²) in [6, 6.07) is 3.65. The van der Waals surface area contributed by atoms with E-state index in [9.17, 15) is 28.1 Å². The topological polar surface area (TPSA) is 139 Å². The van der Waals surface area contributed by atoms with Gasteiger partial charge in [-0.3, -0.25) is 14.9 Å². The Kier molecular flexibility index (Phi) is 7.42. The first kappa shape index (κ1) is 27.3. The van der Waals surface area contributed by atoms with Crippen molar-refractivity contribution in [3.63, 3.8) is 0 Å². The number of hydrogen-bond acceptors (Lipinski definition) is 9. The fourth-order valence-corrected chi connectivity index (χ4v) is 4.33. The number of benzene rings is 2. The number of aromatic nitrogens is 2. The highest BCUT2D eigenvalue weighted by Crippen LogP contribution is 2.47. The fraction of sp³-hybridized carbons (Fsp3) is 0.333. The Hall–Kier alpha value is -4.69. The summed E-state index contributed by atoms with van der Waals surface area (Å²) in [5, 5.41) is 20.5. The Balaban J connectivity index is 1.74. The quantitative estimate of drug-likeness (QED) is 0.300. The number of nitro benzene ring substituents is 1. The Bertz CT molecular complexity index is 1380. The largest absolute Gasteiger partial charge is 0.496 e. The van der Waals surface area contributed by atoms with E-state index in [1.807, 2.05) is 0 Å². The summed E-state index contributed by atoms with van der Waals surface area (Å²) in [6.45, 7) is 0. The van der Waals surface area contributed by atoms with Crippen LogP contribution in [-0.4, -0.2) is 55.2 Å². The number of anilines is 2. The highest BCUT2D eigenvalue weighted by Gasteiger charge is 2.47. The van der Waals surface area contributed by atoms with E-state index < -0.39 is 35.5 Å². The minimum atomic E-state index is -4.69. The van der Waals surface area contributed by atoms with Crippen LogP contribution in [0.2, 0.25) is 0 Å². The van der Waals surface area contributed by atoms with Gasteiger partial charge in [-0.15, -0.1) is 0 Å². The number of non-ortho nitro benzene ring substituents is 1. The molecule has 2 atom stereocenters. The summed E-state index contributed by atoms with van der Waals surface area (Å²) < 4.78 is 64.1. The van der Waals surface area contributed by atoms with Crippen LogP contribution >= 0.6 is 0 Å². The summed E-state index contributed by atoms with van der Waals surface area (Å²) >= 11 is 0. The molecule has 2 aromatic carbocycles. The second kappa shape index (κ2) is 10.6. The number of nitrogens with zero attached hydrogens (tertiary/aromatic N) is 3. The van der Waals surface area contributed by atoms with Gasteiger partial charge in [-0.05, 0) is 17.7 Å². The Morgan fingerprint density at radius 1 is 1.08 bits per heavy atom. The standard InChI is InChI=1S/C24H24F3N5O7/c1-36-15-8-13(7-14(9-15)32(34)35)29-23(33)16-11-28-31-20(24(25,26)27)10-17(30-22(16)31)12-5-18(37-2)21(39-4)19(6-12)38-3/h5-9,11,17,20,30H,10H2,1-4H3,(H,29,33)/t17-,20+/m1/s1. The molecule has 3 aromatic rings. The normalized spacial score (nSPS) is 16.5. The SMILES string of the molecule is COc1cc(NC(=O)c2cnn3c2N[C@@H](c2cc(OC)c(OC)c(OC)c2)C[C@H]3C(F)(F)F)cc([N+](=O)[O-])c1. The molecule has 1 aromatic heterocycles. The van der Waals surface area contributed by atoms with Gasteiger partial charge >= 0.3 is 6.18 Å². The van der Waals surface area contributed by atoms with Gasteiger partial charge in [0.2, 0.25) is 5.75 Å². The van der Waals surface area contributed by atoms with Crippen molar-refractivity contribution in [2.24, 2.45) is 0 Å². The maximum Gasteiger partial charge on any atom is 0.410 e. The monoisotopic (exact) mass is 551 g/mol. The van der Waals surface area contributed by atoms with Crippen LogP contribution in [0.4, 0.5) is 30.4 Å². The average Bonchev–Trinajstić information content (AvgIpc) is 3.34. The number of methoxy groups -OCH3 is 4. The highest BCUT2D eigenvalue weighted by molar-refractivity contribution is 6.07. The summed E-state index contributed by atoms with van der Waals surface area (Å²) in [4.78, 5) is 23.7. The van der Waals surface area contributed by atoms with Crippen LogP contribution < -0.4 is 29.6 Å². The number of rotatable bonds is 8. The van der Waals surface area contributed by atoms with E-state index in [1.54, 1.807) is 0 Å². The van der Waals surface area contributed by atoms with Gasteiger partial charge in [-0.2, -0.15) is 18.3 Å². The van der Waals surface area contributed by atoms with Gasteiger partial charge in [-0.25, -0.2) is 4.68 Å². The molecule has 1 amide bonds. The lowest BCUT2D eigenvalue weighted by atomic mass is 9.95. The van der Waals surface area contributed by atoms with Gasteiger partial charge in [-0.1, -0.05) is 0 Å². The van der Waals surface area contributed by atoms with Crippen molar-refractivity contribution in [3.8, 4) is 23.0 Å². The molecule has 1 aliphatic heterocycles. The molecule has 15 heteroatoms. The Morgan fingerprint density at radius 3 is 2.28 bits per heavy atom. The van der Waals surface area contributed by atoms with Crippen LogP contribution in [0.3, 0.4) is 0 Å². The summed E-state index contributed by atoms with van der Waals surface area (Å²) in [7, 11) is 5.46. The lowest BCUT2D eigenvalue weighted by Gasteiger charge is -2.34. The zero-order chi connectivity index (χ0) is 28.5. The summed E-state index contributed by atoms with van der Waals surface area (Å²) in [5.41, 5.74) is -0.150. The zero-order valence-electron chi connectivity index (χ0n) is 21.2. The molecule has 0 unspecified atom stereocenters. The third kappa shape index (κ3) is 5.32. The fourth-order valence-electron chi connectivity index (χ4n) is 4.33. The molecule has 2 N–H and O–H groups in total. The Morgan fingerprint density at radius 2 is 1.74 bits per heavy atom. The first-order valence-electron chi connectivity index (χ1n) is 11.4. The maximum absolute atomic E-state index is 14.1. The number of nitrogens with one attached hydrogen (secondary N) is 2. The predicted molar refractivity (Wildman–Crippen MR) is 132 cm³/mol. The van der Waals surface area contributed by atoms with Crippen molar-refractivity contribution in [2.75, 3.05) is 39.1 Å². The lowest BCUT2D eigenvalue weighted by molar-refractivity contribution is -0.384. The number of carbonyl (C=O) groups is 1. The first-order valence-corrected chi connectivity index (χ1v) is 11.4. The second-order valence-electron chi connectivity index (χ2n) is 8.43. The number of carbonyl (C=O) groups excluding carboxylic acids is 1. The lowest BCUT2D eigenvalue weighted by Crippen LogP contribution is -2.36. The van der Waals surface area contributed by atoms with Gasteiger partial charge in [0.1, 0.15) is 17.1 Å². The molecule has 4 rings (SSSR count). The second-order valence-corrected chi connectivity index (χ2v) is 8.43. The van der Waals surface area contributed by atoms with Crippen molar-refractivity contribution in [1.29, 1.82) is 0 Å². The molecular weight excluding hydrogens is 527 g/mol. The molecule has 1 aliphatic rings. The van der Waals surface area contributed by atoms with E-state index in [0.29, 0.717) is 10.2 Å². The van der Waals surface area contributed by atoms with Gasteiger partial charge in [0, 0.05) is 18.6 Å². The van der Waals surface area contributed by atoms with E-state index >= 15 is 0 Å². The molecule has 0 fully saturated rings. The summed E-state index contributed by atoms with van der Waals surface area (Å²) in [5.74, 6) is -0.156. The van der Waals surface area contributed by atoms with Crippen LogP contribution in [0.15, 0.2) is 36.5 Å². The van der Waals surface area contributed by atoms with E-state index in [0.717, 1.165) is 18.3 Å². The van der Waals surface area contributed by atoms with Crippen molar-refractivity contribution >= 4 is 23.1 Å². The highest BCUT2D eigenvalue weighted by atomic mass is 19.4. The minimum Gasteiger partial charge on any atom is -0.496 e. The summed E-state index contributed by atoms with van der Waals surface area (Å²) in [6.07, 6.45) is -4.13. The predicted octanol–water partition coefficient (Wildman–Crippen LogP) is 4.74. The van der Waals surface area contributed by atoms with E-state index in [1.165, 1.54) is 46.6 Å². The number of fused-ring (bicyclic) bond motifs is 1. The van der Waals surface area contributed by atoms with E-state index in [-0.39, 0.29) is 45.8 Å². The number of nitro groups is 1. The third-order valence-corrected chi connectivity index (χ3v) is 6.17. The number of alkyl halides is 3. The minimum absolute atomic E-state index is 0.00959. The van der Waals surface area contributed by atoms with Gasteiger partial charge in [0.15, 0.2) is 17.5 Å². The van der Waals surface area contributed by atoms with Crippen LogP contribution in [0, 0.1) is 10.1 Å². The van der Waals surface area contributed by atoms with Crippen LogP contribution in [0.1, 0.15) is 34.4 Å². The molecular formula is C24H24F3N5O7. The maximum atomic E-state index is 14.1. The molecule has 0 bridgehead atoms. The van der Waals surface area contributed by atoms with E-state index in [2.05, 4.69) is 15.7 Å². The van der Waals surface area contributed by atoms with Crippen LogP contribution in [0.5, 0.6) is 23.0 Å². The first-order chi connectivity index (χ1) is 18.5. The molecule has 0 saturated heterocycles. The van der Waals surface area contributed by atoms with Crippen molar-refractivity contribution in [2.45, 2.75) is 24.7 Å². The van der Waals surface area contributed by atoms with Crippen molar-refractivity contribution < 1.29 is 41.8 Å². The Labute approximate surface area is 219 Å². The number of ether oxygens (including phenoxy) is 4. The molecule has 12 nitrogen and oxygen atoms in total. The van der Waals surface area contributed by atoms with Gasteiger partial charge in [0.25, 0.3) is 11.6 Å². The number of hydrogen-bond donors (Lipinski definition) is 2. The molecule has 0 saturated carbocycles. The molecule has 0 radical (unpaired) electrons. The van der Waals surface area contributed by atoms with Crippen molar-refractivity contribution in [1.82, 2.24) is 9.78 Å². The smallest absolute Gasteiger partial charge is 0.410 e. The number of amides is 1. The van der Waals surface area contributed by atoms with Crippen molar-refractivity contribution in [3.05, 3.63) is 57.8 Å². The zero-order valence-corrected chi connectivity index (χ0v) is 21.2. The van der Waals surface area contributed by atoms with Gasteiger partial charge in [0.05, 0.1) is 57.4 Å². The van der Waals surface area contributed by atoms with E-state index in [4.69, 9.17) is 18.9 Å². The molecule has 2 heterocycles. The van der Waals surface area contributed by atoms with Crippen LogP contribution in [0.25, 0.3) is 0 Å². The van der Waals surface area contributed by atoms with Gasteiger partial charge < -0.3 is 29.6 Å². The molecule has 0 aliphatic carbocycles. The third-order valence-electron chi connectivity index (χ3n) is 6.17. The molecule has 0 spiro atoms. The molecule has 39 heavy (non-hydrogen) atoms. The average molecular weight is 551 g/mol. The van der Waals surface area contributed by atoms with Crippen LogP contribution in [-0.2, 0) is 0 Å². The number of halogens is 3.